The normalized spacial score (nSPS) is 12.6. The number of nitrogens with one attached hydrogen (secondary N) is 1. The summed E-state index contributed by atoms with van der Waals surface area (Å²) in [6.07, 6.45) is -1.57. The van der Waals surface area contributed by atoms with Crippen LogP contribution in [-0.4, -0.2) is 27.4 Å². The van der Waals surface area contributed by atoms with Gasteiger partial charge in [-0.15, -0.1) is 0 Å². The first-order valence-corrected chi connectivity index (χ1v) is 7.77. The molecule has 0 aliphatic heterocycles. The van der Waals surface area contributed by atoms with Crippen molar-refractivity contribution in [3.8, 4) is 11.8 Å². The summed E-state index contributed by atoms with van der Waals surface area (Å²) >= 11 is 0. The van der Waals surface area contributed by atoms with E-state index in [4.69, 9.17) is 10.00 Å². The number of hydrogen-bond donors (Lipinski definition) is 1. The predicted molar refractivity (Wildman–Crippen MR) is 87.7 cm³/mol. The lowest BCUT2D eigenvalue weighted by molar-refractivity contribution is -0.153. The van der Waals surface area contributed by atoms with E-state index < -0.39 is 24.6 Å². The van der Waals surface area contributed by atoms with Gasteiger partial charge in [-0.3, -0.25) is 0 Å². The maximum atomic E-state index is 13.6. The molecule has 6 nitrogen and oxygen atoms in total. The molecule has 1 N–H and O–H groups in total. The first kappa shape index (κ1) is 18.4. The molecule has 0 saturated carbocycles. The number of benzene rings is 1. The summed E-state index contributed by atoms with van der Waals surface area (Å²) < 4.78 is 57.1. The van der Waals surface area contributed by atoms with E-state index in [9.17, 15) is 17.6 Å². The highest BCUT2D eigenvalue weighted by Gasteiger charge is 2.29. The Hall–Kier alpha value is -3.35. The van der Waals surface area contributed by atoms with Gasteiger partial charge in [-0.05, 0) is 31.2 Å². The van der Waals surface area contributed by atoms with Crippen LogP contribution in [0.3, 0.4) is 0 Å². The number of alkyl halides is 3. The van der Waals surface area contributed by atoms with Gasteiger partial charge in [0.1, 0.15) is 29.0 Å². The lowest BCUT2D eigenvalue weighted by Crippen LogP contribution is -2.20. The summed E-state index contributed by atoms with van der Waals surface area (Å²) in [4.78, 5) is 4.26. The molecule has 2 aromatic heterocycles. The average molecular weight is 379 g/mol. The van der Waals surface area contributed by atoms with Gasteiger partial charge in [-0.2, -0.15) is 23.5 Å². The van der Waals surface area contributed by atoms with Gasteiger partial charge in [0, 0.05) is 11.8 Å². The van der Waals surface area contributed by atoms with E-state index >= 15 is 0 Å². The van der Waals surface area contributed by atoms with Crippen LogP contribution in [0.25, 0.3) is 5.65 Å². The summed E-state index contributed by atoms with van der Waals surface area (Å²) in [7, 11) is 0. The second-order valence-corrected chi connectivity index (χ2v) is 5.70. The molecule has 0 radical (unpaired) electrons. The standard InChI is InChI=1S/C17H13F4N5O/c1-10(13-6-12(18)2-3-14(13)27-9-17(19,20)21)24-15-4-5-26-16(25-15)11(7-22)8-23-26/h2-6,8,10H,9H2,1H3,(H,24,25)/t10-/m1/s1. The zero-order chi connectivity index (χ0) is 19.6. The quantitative estimate of drug-likeness (QED) is 0.682. The molecule has 2 heterocycles. The molecule has 0 amide bonds. The summed E-state index contributed by atoms with van der Waals surface area (Å²) in [5, 5.41) is 16.0. The van der Waals surface area contributed by atoms with Gasteiger partial charge in [-0.25, -0.2) is 13.9 Å². The van der Waals surface area contributed by atoms with Crippen molar-refractivity contribution in [2.75, 3.05) is 11.9 Å². The number of fused-ring (bicyclic) bond motifs is 1. The van der Waals surface area contributed by atoms with Crippen LogP contribution in [0.2, 0.25) is 0 Å². The summed E-state index contributed by atoms with van der Waals surface area (Å²) in [6.45, 7) is 0.145. The Morgan fingerprint density at radius 1 is 1.33 bits per heavy atom. The fraction of sp³-hybridized carbons (Fsp3) is 0.235. The van der Waals surface area contributed by atoms with Crippen molar-refractivity contribution in [2.24, 2.45) is 0 Å². The van der Waals surface area contributed by atoms with E-state index in [0.717, 1.165) is 18.2 Å². The van der Waals surface area contributed by atoms with Gasteiger partial charge in [-0.1, -0.05) is 0 Å². The van der Waals surface area contributed by atoms with Gasteiger partial charge in [0.05, 0.1) is 12.2 Å². The molecule has 3 rings (SSSR count). The molecule has 0 bridgehead atoms. The molecule has 0 aliphatic rings. The van der Waals surface area contributed by atoms with Gasteiger partial charge in [0.15, 0.2) is 12.3 Å². The van der Waals surface area contributed by atoms with Crippen LogP contribution in [0.4, 0.5) is 23.4 Å². The monoisotopic (exact) mass is 379 g/mol. The summed E-state index contributed by atoms with van der Waals surface area (Å²) in [6, 6.07) is 6.19. The van der Waals surface area contributed by atoms with Crippen molar-refractivity contribution in [1.82, 2.24) is 14.6 Å². The molecular formula is C17H13F4N5O. The van der Waals surface area contributed by atoms with Crippen LogP contribution < -0.4 is 10.1 Å². The predicted octanol–water partition coefficient (Wildman–Crippen LogP) is 3.85. The van der Waals surface area contributed by atoms with E-state index in [1.54, 1.807) is 19.2 Å². The molecule has 0 unspecified atom stereocenters. The highest BCUT2D eigenvalue weighted by molar-refractivity contribution is 5.57. The van der Waals surface area contributed by atoms with Crippen LogP contribution in [0.15, 0.2) is 36.7 Å². The van der Waals surface area contributed by atoms with Crippen LogP contribution in [0, 0.1) is 17.1 Å². The Labute approximate surface area is 151 Å². The van der Waals surface area contributed by atoms with Gasteiger partial charge < -0.3 is 10.1 Å². The number of aromatic nitrogens is 3. The van der Waals surface area contributed by atoms with Crippen LogP contribution in [0.5, 0.6) is 5.75 Å². The number of rotatable bonds is 5. The number of nitriles is 1. The highest BCUT2D eigenvalue weighted by atomic mass is 19.4. The number of halogens is 4. The molecule has 0 fully saturated rings. The molecule has 10 heteroatoms. The molecule has 140 valence electrons. The van der Waals surface area contributed by atoms with E-state index in [2.05, 4.69) is 15.4 Å². The minimum Gasteiger partial charge on any atom is -0.484 e. The zero-order valence-corrected chi connectivity index (χ0v) is 14.0. The first-order chi connectivity index (χ1) is 12.8. The molecule has 1 atom stereocenters. The second-order valence-electron chi connectivity index (χ2n) is 5.70. The summed E-state index contributed by atoms with van der Waals surface area (Å²) in [5.74, 6) is -0.348. The lowest BCUT2D eigenvalue weighted by Gasteiger charge is -2.19. The van der Waals surface area contributed by atoms with Gasteiger partial charge in [0.2, 0.25) is 0 Å². The van der Waals surface area contributed by atoms with Crippen molar-refractivity contribution in [2.45, 2.75) is 19.1 Å². The van der Waals surface area contributed by atoms with E-state index in [1.165, 1.54) is 10.7 Å². The zero-order valence-electron chi connectivity index (χ0n) is 14.0. The van der Waals surface area contributed by atoms with Crippen LogP contribution in [-0.2, 0) is 0 Å². The van der Waals surface area contributed by atoms with Gasteiger partial charge in [0.25, 0.3) is 0 Å². The molecule has 1 aromatic carbocycles. The molecule has 3 aromatic rings. The third-order valence-electron chi connectivity index (χ3n) is 3.68. The van der Waals surface area contributed by atoms with E-state index in [0.29, 0.717) is 11.5 Å². The minimum absolute atomic E-state index is 0.0862. The van der Waals surface area contributed by atoms with Crippen LogP contribution in [0.1, 0.15) is 24.1 Å². The molecule has 0 spiro atoms. The second kappa shape index (κ2) is 7.11. The SMILES string of the molecule is C[C@@H](Nc1ccn2ncc(C#N)c2n1)c1cc(F)ccc1OCC(F)(F)F. The Kier molecular flexibility index (Phi) is 4.85. The lowest BCUT2D eigenvalue weighted by atomic mass is 10.1. The molecule has 0 saturated heterocycles. The topological polar surface area (TPSA) is 75.2 Å². The molecule has 27 heavy (non-hydrogen) atoms. The Morgan fingerprint density at radius 2 is 2.11 bits per heavy atom. The van der Waals surface area contributed by atoms with Crippen molar-refractivity contribution in [3.63, 3.8) is 0 Å². The van der Waals surface area contributed by atoms with Crippen molar-refractivity contribution < 1.29 is 22.3 Å². The Balaban J connectivity index is 1.86. The smallest absolute Gasteiger partial charge is 0.422 e. The maximum absolute atomic E-state index is 13.6. The average Bonchev–Trinajstić information content (AvgIpc) is 3.02. The van der Waals surface area contributed by atoms with Crippen LogP contribution >= 0.6 is 0 Å². The Bertz CT molecular complexity index is 1010. The third kappa shape index (κ3) is 4.25. The number of anilines is 1. The summed E-state index contributed by atoms with van der Waals surface area (Å²) in [5.41, 5.74) is 0.795. The van der Waals surface area contributed by atoms with E-state index in [-0.39, 0.29) is 16.9 Å². The number of ether oxygens (including phenoxy) is 1. The van der Waals surface area contributed by atoms with Crippen molar-refractivity contribution in [1.29, 1.82) is 5.26 Å². The van der Waals surface area contributed by atoms with Crippen molar-refractivity contribution >= 4 is 11.5 Å². The fourth-order valence-electron chi connectivity index (χ4n) is 2.48. The molecular weight excluding hydrogens is 366 g/mol. The maximum Gasteiger partial charge on any atom is 0.422 e. The Morgan fingerprint density at radius 3 is 2.81 bits per heavy atom. The third-order valence-corrected chi connectivity index (χ3v) is 3.68. The van der Waals surface area contributed by atoms with Crippen molar-refractivity contribution in [3.05, 3.63) is 53.6 Å². The first-order valence-electron chi connectivity index (χ1n) is 7.77. The van der Waals surface area contributed by atoms with Gasteiger partial charge >= 0.3 is 6.18 Å². The highest BCUT2D eigenvalue weighted by Crippen LogP contribution is 2.30. The van der Waals surface area contributed by atoms with E-state index in [1.807, 2.05) is 6.07 Å². The largest absolute Gasteiger partial charge is 0.484 e. The molecule has 0 aliphatic carbocycles. The number of nitrogens with zero attached hydrogens (tertiary/aromatic N) is 4. The fourth-order valence-corrected chi connectivity index (χ4v) is 2.48. The number of hydrogen-bond acceptors (Lipinski definition) is 5. The minimum atomic E-state index is -4.51.